The number of hydrogen-bond acceptors (Lipinski definition) is 2. The zero-order chi connectivity index (χ0) is 24.2. The van der Waals surface area contributed by atoms with Crippen LogP contribution in [0.15, 0.2) is 78.9 Å². The van der Waals surface area contributed by atoms with Gasteiger partial charge in [0.25, 0.3) is 5.91 Å². The molecule has 1 saturated heterocycles. The summed E-state index contributed by atoms with van der Waals surface area (Å²) < 4.78 is 0. The number of rotatable bonds is 4. The van der Waals surface area contributed by atoms with Crippen LogP contribution in [-0.2, 0) is 28.1 Å². The molecule has 176 valence electrons. The van der Waals surface area contributed by atoms with Gasteiger partial charge in [0, 0.05) is 29.9 Å². The van der Waals surface area contributed by atoms with E-state index in [0.717, 1.165) is 34.1 Å². The molecule has 0 radical (unpaired) electrons. The van der Waals surface area contributed by atoms with Crippen molar-refractivity contribution in [2.75, 3.05) is 13.1 Å². The molecule has 2 amide bonds. The van der Waals surface area contributed by atoms with Gasteiger partial charge in [-0.2, -0.15) is 0 Å². The number of H-pyrrole nitrogens is 1. The normalized spacial score (nSPS) is 21.8. The van der Waals surface area contributed by atoms with Crippen molar-refractivity contribution in [2.45, 2.75) is 38.3 Å². The summed E-state index contributed by atoms with van der Waals surface area (Å²) in [5, 5.41) is 1.12. The van der Waals surface area contributed by atoms with Gasteiger partial charge in [-0.05, 0) is 41.7 Å². The number of carbonyl (C=O) groups excluding carboxylic acids is 2. The highest BCUT2D eigenvalue weighted by Gasteiger charge is 2.56. The minimum atomic E-state index is -1.07. The van der Waals surface area contributed by atoms with E-state index >= 15 is 0 Å². The third kappa shape index (κ3) is 3.29. The van der Waals surface area contributed by atoms with Gasteiger partial charge in [-0.1, -0.05) is 79.7 Å². The summed E-state index contributed by atoms with van der Waals surface area (Å²) in [7, 11) is 0. The lowest BCUT2D eigenvalue weighted by Crippen LogP contribution is -2.67. The van der Waals surface area contributed by atoms with E-state index < -0.39 is 5.54 Å². The molecule has 0 spiro atoms. The summed E-state index contributed by atoms with van der Waals surface area (Å²) >= 11 is 0. The molecule has 0 bridgehead atoms. The number of nitrogens with zero attached hydrogens (tertiary/aromatic N) is 2. The van der Waals surface area contributed by atoms with E-state index in [-0.39, 0.29) is 24.3 Å². The molecule has 2 aliphatic rings. The fourth-order valence-corrected chi connectivity index (χ4v) is 5.89. The predicted octanol–water partition coefficient (Wildman–Crippen LogP) is 4.96. The van der Waals surface area contributed by atoms with Gasteiger partial charge in [0.1, 0.15) is 6.54 Å². The summed E-state index contributed by atoms with van der Waals surface area (Å²) in [6.45, 7) is 5.07. The summed E-state index contributed by atoms with van der Waals surface area (Å²) in [5.74, 6) is -0.0476. The molecule has 6 rings (SSSR count). The monoisotopic (exact) mass is 463 g/mol. The fraction of sp³-hybridized carbons (Fsp3) is 0.267. The quantitative estimate of drug-likeness (QED) is 0.465. The number of amides is 2. The van der Waals surface area contributed by atoms with Gasteiger partial charge in [-0.25, -0.2) is 0 Å². The average molecular weight is 464 g/mol. The van der Waals surface area contributed by atoms with E-state index in [1.807, 2.05) is 54.3 Å². The third-order valence-electron chi connectivity index (χ3n) is 7.82. The molecule has 0 aliphatic carbocycles. The van der Waals surface area contributed by atoms with E-state index in [2.05, 4.69) is 48.3 Å². The van der Waals surface area contributed by atoms with Crippen LogP contribution in [0.1, 0.15) is 47.7 Å². The van der Waals surface area contributed by atoms with E-state index in [0.29, 0.717) is 13.1 Å². The fourth-order valence-electron chi connectivity index (χ4n) is 5.89. The number of piperazine rings is 1. The van der Waals surface area contributed by atoms with Crippen LogP contribution in [0.2, 0.25) is 0 Å². The van der Waals surface area contributed by atoms with Crippen LogP contribution in [0.25, 0.3) is 10.9 Å². The molecular formula is C30H29N3O2. The van der Waals surface area contributed by atoms with Gasteiger partial charge in [0.2, 0.25) is 5.91 Å². The highest BCUT2D eigenvalue weighted by atomic mass is 16.2. The van der Waals surface area contributed by atoms with Crippen molar-refractivity contribution in [3.05, 3.63) is 107 Å². The minimum absolute atomic E-state index is 0.00226. The van der Waals surface area contributed by atoms with Crippen LogP contribution in [0.3, 0.4) is 0 Å². The van der Waals surface area contributed by atoms with E-state index in [1.165, 1.54) is 11.1 Å². The van der Waals surface area contributed by atoms with E-state index in [1.54, 1.807) is 4.90 Å². The second-order valence-electron chi connectivity index (χ2n) is 9.83. The molecule has 1 N–H and O–H groups in total. The molecule has 2 aliphatic heterocycles. The lowest BCUT2D eigenvalue weighted by atomic mass is 9.76. The van der Waals surface area contributed by atoms with Crippen LogP contribution in [0.4, 0.5) is 0 Å². The van der Waals surface area contributed by atoms with Gasteiger partial charge in [0.15, 0.2) is 5.54 Å². The van der Waals surface area contributed by atoms with Gasteiger partial charge in [-0.15, -0.1) is 0 Å². The molecule has 5 nitrogen and oxygen atoms in total. The lowest BCUT2D eigenvalue weighted by molar-refractivity contribution is -0.166. The van der Waals surface area contributed by atoms with Crippen molar-refractivity contribution < 1.29 is 9.59 Å². The third-order valence-corrected chi connectivity index (χ3v) is 7.82. The Hall–Kier alpha value is -3.86. The van der Waals surface area contributed by atoms with E-state index in [4.69, 9.17) is 0 Å². The first-order chi connectivity index (χ1) is 17.0. The smallest absolute Gasteiger partial charge is 0.255 e. The molecule has 0 unspecified atom stereocenters. The van der Waals surface area contributed by atoms with Crippen molar-refractivity contribution in [1.82, 2.24) is 14.8 Å². The number of aromatic amines is 1. The van der Waals surface area contributed by atoms with Gasteiger partial charge < -0.3 is 14.8 Å². The zero-order valence-corrected chi connectivity index (χ0v) is 20.1. The molecule has 35 heavy (non-hydrogen) atoms. The maximum Gasteiger partial charge on any atom is 0.255 e. The number of fused-ring (bicyclic) bond motifs is 5. The highest BCUT2D eigenvalue weighted by molar-refractivity contribution is 6.01. The number of hydrogen-bond donors (Lipinski definition) is 1. The Morgan fingerprint density at radius 1 is 0.914 bits per heavy atom. The largest absolute Gasteiger partial charge is 0.356 e. The second-order valence-corrected chi connectivity index (χ2v) is 9.83. The van der Waals surface area contributed by atoms with Crippen molar-refractivity contribution in [3.63, 3.8) is 0 Å². The minimum Gasteiger partial charge on any atom is -0.356 e. The number of aryl methyl sites for hydroxylation is 1. The Morgan fingerprint density at radius 2 is 1.63 bits per heavy atom. The molecule has 4 aromatic rings. The van der Waals surface area contributed by atoms with Crippen LogP contribution in [0, 0.1) is 0 Å². The Kier molecular flexibility index (Phi) is 5.03. The topological polar surface area (TPSA) is 56.4 Å². The summed E-state index contributed by atoms with van der Waals surface area (Å²) in [6.07, 6.45) is 0.984. The van der Waals surface area contributed by atoms with Crippen molar-refractivity contribution in [1.29, 1.82) is 0 Å². The molecule has 3 heterocycles. The van der Waals surface area contributed by atoms with Crippen molar-refractivity contribution >= 4 is 22.7 Å². The number of benzene rings is 3. The number of carbonyl (C=O) groups is 2. The number of nitrogens with one attached hydrogen (secondary N) is 1. The molecule has 1 fully saturated rings. The number of aromatic nitrogens is 1. The first-order valence-corrected chi connectivity index (χ1v) is 12.3. The molecule has 2 atom stereocenters. The zero-order valence-electron chi connectivity index (χ0n) is 20.1. The van der Waals surface area contributed by atoms with Crippen molar-refractivity contribution in [3.8, 4) is 0 Å². The first-order valence-electron chi connectivity index (χ1n) is 12.3. The van der Waals surface area contributed by atoms with Crippen molar-refractivity contribution in [2.24, 2.45) is 0 Å². The Labute approximate surface area is 205 Å². The molecule has 5 heteroatoms. The molecule has 0 saturated carbocycles. The summed E-state index contributed by atoms with van der Waals surface area (Å²) in [6, 6.07) is 26.8. The maximum atomic E-state index is 14.1. The van der Waals surface area contributed by atoms with Crippen LogP contribution in [0.5, 0.6) is 0 Å². The van der Waals surface area contributed by atoms with Gasteiger partial charge in [0.05, 0.1) is 5.69 Å². The standard InChI is InChI=1S/C30H29N3O2/c1-3-20-13-15-22(16-14-20)24-18-33-26(34)19-32(17-21-9-5-4-6-10-21)29(35)30(33,2)28-27(24)23-11-7-8-12-25(23)31-28/h4-16,24,31H,3,17-19H2,1-2H3/t24-,30-/m0/s1. The summed E-state index contributed by atoms with van der Waals surface area (Å²) in [4.78, 5) is 34.8. The van der Waals surface area contributed by atoms with Crippen LogP contribution < -0.4 is 0 Å². The SMILES string of the molecule is CCc1ccc([C@@H]2CN3C(=O)CN(Cc4ccccc4)C(=O)[C@]3(C)c3[nH]c4ccccc4c32)cc1. The van der Waals surface area contributed by atoms with Crippen LogP contribution >= 0.6 is 0 Å². The van der Waals surface area contributed by atoms with Crippen LogP contribution in [-0.4, -0.2) is 39.7 Å². The average Bonchev–Trinajstić information content (AvgIpc) is 3.29. The molecule has 1 aromatic heterocycles. The Morgan fingerprint density at radius 3 is 2.37 bits per heavy atom. The van der Waals surface area contributed by atoms with Gasteiger partial charge in [-0.3, -0.25) is 9.59 Å². The lowest BCUT2D eigenvalue weighted by Gasteiger charge is -2.51. The highest BCUT2D eigenvalue weighted by Crippen LogP contribution is 2.48. The predicted molar refractivity (Wildman–Crippen MR) is 137 cm³/mol. The second kappa shape index (κ2) is 8.12. The number of para-hydroxylation sites is 1. The Bertz CT molecular complexity index is 1420. The molecular weight excluding hydrogens is 434 g/mol. The maximum absolute atomic E-state index is 14.1. The van der Waals surface area contributed by atoms with Gasteiger partial charge >= 0.3 is 0 Å². The first kappa shape index (κ1) is 21.7. The molecule has 3 aromatic carbocycles. The van der Waals surface area contributed by atoms with E-state index in [9.17, 15) is 9.59 Å². The summed E-state index contributed by atoms with van der Waals surface area (Å²) in [5.41, 5.74) is 5.37. The Balaban J connectivity index is 1.50.